The maximum absolute atomic E-state index is 11.1. The number of ether oxygens (including phenoxy) is 1. The highest BCUT2D eigenvalue weighted by Crippen LogP contribution is 2.29. The van der Waals surface area contributed by atoms with Gasteiger partial charge < -0.3 is 9.84 Å². The molecule has 0 bridgehead atoms. The molecule has 0 amide bonds. The number of carbonyl (C=O) groups is 1. The van der Waals surface area contributed by atoms with Gasteiger partial charge in [-0.25, -0.2) is 9.78 Å². The summed E-state index contributed by atoms with van der Waals surface area (Å²) in [5.74, 6) is -0.201. The van der Waals surface area contributed by atoms with E-state index >= 15 is 0 Å². The molecule has 0 atom stereocenters. The van der Waals surface area contributed by atoms with E-state index in [4.69, 9.17) is 9.84 Å². The number of carboxylic acid groups (broad SMARTS) is 1. The molecule has 1 aliphatic heterocycles. The predicted molar refractivity (Wildman–Crippen MR) is 84.6 cm³/mol. The van der Waals surface area contributed by atoms with Gasteiger partial charge in [0.15, 0.2) is 0 Å². The fourth-order valence-electron chi connectivity index (χ4n) is 2.70. The van der Waals surface area contributed by atoms with Crippen LogP contribution in [0.15, 0.2) is 18.2 Å². The number of aryl methyl sites for hydroxylation is 1. The molecule has 0 spiro atoms. The Morgan fingerprint density at radius 1 is 1.50 bits per heavy atom. The van der Waals surface area contributed by atoms with Gasteiger partial charge in [-0.1, -0.05) is 6.07 Å². The van der Waals surface area contributed by atoms with Crippen molar-refractivity contribution in [1.82, 2.24) is 9.88 Å². The SMILES string of the molecule is COc1ccc(CN2CCc3cc(C(=O)O)sc3C2)c(C)n1. The smallest absolute Gasteiger partial charge is 0.345 e. The average Bonchev–Trinajstić information content (AvgIpc) is 2.93. The summed E-state index contributed by atoms with van der Waals surface area (Å²) in [5, 5.41) is 9.10. The van der Waals surface area contributed by atoms with Crippen molar-refractivity contribution >= 4 is 17.3 Å². The normalized spacial score (nSPS) is 14.6. The second kappa shape index (κ2) is 6.06. The van der Waals surface area contributed by atoms with Gasteiger partial charge in [-0.15, -0.1) is 11.3 Å². The number of fused-ring (bicyclic) bond motifs is 1. The van der Waals surface area contributed by atoms with Crippen molar-refractivity contribution in [3.63, 3.8) is 0 Å². The molecule has 1 aliphatic rings. The molecular weight excluding hydrogens is 300 g/mol. The number of aromatic nitrogens is 1. The van der Waals surface area contributed by atoms with Gasteiger partial charge in [0.25, 0.3) is 0 Å². The number of carboxylic acids is 1. The first-order valence-corrected chi connectivity index (χ1v) is 7.96. The van der Waals surface area contributed by atoms with E-state index in [0.29, 0.717) is 10.8 Å². The molecule has 2 aromatic rings. The molecule has 0 aliphatic carbocycles. The maximum atomic E-state index is 11.1. The molecule has 3 rings (SSSR count). The van der Waals surface area contributed by atoms with E-state index < -0.39 is 5.97 Å². The summed E-state index contributed by atoms with van der Waals surface area (Å²) in [6.45, 7) is 4.55. The summed E-state index contributed by atoms with van der Waals surface area (Å²) in [7, 11) is 1.62. The zero-order chi connectivity index (χ0) is 15.7. The first-order valence-electron chi connectivity index (χ1n) is 7.14. The van der Waals surface area contributed by atoms with Crippen molar-refractivity contribution in [2.45, 2.75) is 26.4 Å². The molecule has 6 heteroatoms. The zero-order valence-electron chi connectivity index (χ0n) is 12.6. The van der Waals surface area contributed by atoms with Crippen LogP contribution in [0.5, 0.6) is 5.88 Å². The third-order valence-electron chi connectivity index (χ3n) is 3.94. The third-order valence-corrected chi connectivity index (χ3v) is 5.09. The lowest BCUT2D eigenvalue weighted by Crippen LogP contribution is -2.29. The highest BCUT2D eigenvalue weighted by Gasteiger charge is 2.21. The molecule has 0 fully saturated rings. The Bertz CT molecular complexity index is 711. The van der Waals surface area contributed by atoms with Crippen LogP contribution in [0.1, 0.15) is 31.4 Å². The standard InChI is InChI=1S/C16H18N2O3S/c1-10-12(3-4-15(17-10)21-2)8-18-6-5-11-7-13(16(19)20)22-14(11)9-18/h3-4,7H,5-6,8-9H2,1-2H3,(H,19,20). The first-order chi connectivity index (χ1) is 10.6. The summed E-state index contributed by atoms with van der Waals surface area (Å²) in [4.78, 5) is 19.4. The Kier molecular flexibility index (Phi) is 4.13. The third kappa shape index (κ3) is 2.98. The Labute approximate surface area is 133 Å². The van der Waals surface area contributed by atoms with Crippen LogP contribution >= 0.6 is 11.3 Å². The first kappa shape index (κ1) is 15.0. The molecule has 0 unspecified atom stereocenters. The van der Waals surface area contributed by atoms with E-state index in [-0.39, 0.29) is 0 Å². The number of thiophene rings is 1. The van der Waals surface area contributed by atoms with E-state index in [1.807, 2.05) is 25.1 Å². The van der Waals surface area contributed by atoms with Crippen LogP contribution in [0.25, 0.3) is 0 Å². The summed E-state index contributed by atoms with van der Waals surface area (Å²) in [6, 6.07) is 5.75. The topological polar surface area (TPSA) is 62.7 Å². The Hall–Kier alpha value is -1.92. The van der Waals surface area contributed by atoms with E-state index in [1.54, 1.807) is 7.11 Å². The lowest BCUT2D eigenvalue weighted by Gasteiger charge is -2.27. The molecule has 5 nitrogen and oxygen atoms in total. The number of methoxy groups -OCH3 is 1. The van der Waals surface area contributed by atoms with Crippen LogP contribution in [-0.2, 0) is 19.5 Å². The van der Waals surface area contributed by atoms with Crippen molar-refractivity contribution in [3.05, 3.63) is 44.8 Å². The molecule has 116 valence electrons. The quantitative estimate of drug-likeness (QED) is 0.939. The monoisotopic (exact) mass is 318 g/mol. The van der Waals surface area contributed by atoms with Gasteiger partial charge in [-0.3, -0.25) is 4.90 Å². The number of nitrogens with zero attached hydrogens (tertiary/aromatic N) is 2. The second-order valence-corrected chi connectivity index (χ2v) is 6.56. The number of hydrogen-bond acceptors (Lipinski definition) is 5. The van der Waals surface area contributed by atoms with Crippen LogP contribution in [-0.4, -0.2) is 34.6 Å². The second-order valence-electron chi connectivity index (χ2n) is 5.42. The molecule has 0 saturated carbocycles. The van der Waals surface area contributed by atoms with E-state index in [2.05, 4.69) is 9.88 Å². The number of aromatic carboxylic acids is 1. The van der Waals surface area contributed by atoms with Crippen molar-refractivity contribution in [1.29, 1.82) is 0 Å². The summed E-state index contributed by atoms with van der Waals surface area (Å²) in [5.41, 5.74) is 3.34. The number of rotatable bonds is 4. The molecule has 1 N–H and O–H groups in total. The highest BCUT2D eigenvalue weighted by molar-refractivity contribution is 7.14. The number of pyridine rings is 1. The fourth-order valence-corrected chi connectivity index (χ4v) is 3.79. The van der Waals surface area contributed by atoms with Crippen molar-refractivity contribution in [3.8, 4) is 5.88 Å². The van der Waals surface area contributed by atoms with Crippen molar-refractivity contribution in [2.24, 2.45) is 0 Å². The minimum atomic E-state index is -0.832. The predicted octanol–water partition coefficient (Wildman–Crippen LogP) is 2.72. The van der Waals surface area contributed by atoms with Crippen LogP contribution < -0.4 is 4.74 Å². The summed E-state index contributed by atoms with van der Waals surface area (Å²) < 4.78 is 5.13. The Morgan fingerprint density at radius 2 is 2.32 bits per heavy atom. The van der Waals surface area contributed by atoms with Gasteiger partial charge in [-0.05, 0) is 30.5 Å². The van der Waals surface area contributed by atoms with Crippen LogP contribution in [0.3, 0.4) is 0 Å². The average molecular weight is 318 g/mol. The van der Waals surface area contributed by atoms with Crippen LogP contribution in [0, 0.1) is 6.92 Å². The van der Waals surface area contributed by atoms with E-state index in [9.17, 15) is 4.79 Å². The van der Waals surface area contributed by atoms with Gasteiger partial charge in [-0.2, -0.15) is 0 Å². The van der Waals surface area contributed by atoms with Crippen molar-refractivity contribution < 1.29 is 14.6 Å². The van der Waals surface area contributed by atoms with Gasteiger partial charge >= 0.3 is 5.97 Å². The lowest BCUT2D eigenvalue weighted by atomic mass is 10.1. The highest BCUT2D eigenvalue weighted by atomic mass is 32.1. The molecule has 0 radical (unpaired) electrons. The zero-order valence-corrected chi connectivity index (χ0v) is 13.4. The fraction of sp³-hybridized carbons (Fsp3) is 0.375. The Balaban J connectivity index is 1.73. The molecular formula is C16H18N2O3S. The summed E-state index contributed by atoms with van der Waals surface area (Å²) in [6.07, 6.45) is 0.905. The maximum Gasteiger partial charge on any atom is 0.345 e. The molecule has 0 aromatic carbocycles. The summed E-state index contributed by atoms with van der Waals surface area (Å²) >= 11 is 1.39. The van der Waals surface area contributed by atoms with Crippen LogP contribution in [0.4, 0.5) is 0 Å². The molecule has 2 aromatic heterocycles. The Morgan fingerprint density at radius 3 is 3.00 bits per heavy atom. The minimum Gasteiger partial charge on any atom is -0.481 e. The minimum absolute atomic E-state index is 0.439. The van der Waals surface area contributed by atoms with Gasteiger partial charge in [0.1, 0.15) is 4.88 Å². The number of hydrogen-bond donors (Lipinski definition) is 1. The van der Waals surface area contributed by atoms with Crippen LogP contribution in [0.2, 0.25) is 0 Å². The van der Waals surface area contributed by atoms with Crippen molar-refractivity contribution in [2.75, 3.05) is 13.7 Å². The van der Waals surface area contributed by atoms with Gasteiger partial charge in [0, 0.05) is 36.3 Å². The van der Waals surface area contributed by atoms with E-state index in [1.165, 1.54) is 27.3 Å². The lowest BCUT2D eigenvalue weighted by molar-refractivity contribution is 0.0702. The molecule has 0 saturated heterocycles. The largest absolute Gasteiger partial charge is 0.481 e. The molecule has 22 heavy (non-hydrogen) atoms. The molecule has 3 heterocycles. The van der Waals surface area contributed by atoms with E-state index in [0.717, 1.165) is 31.7 Å². The van der Waals surface area contributed by atoms with Gasteiger partial charge in [0.2, 0.25) is 5.88 Å². The van der Waals surface area contributed by atoms with Gasteiger partial charge in [0.05, 0.1) is 7.11 Å².